The zero-order valence-electron chi connectivity index (χ0n) is 19.3. The first-order chi connectivity index (χ1) is 16.1. The number of benzene rings is 2. The summed E-state index contributed by atoms with van der Waals surface area (Å²) in [5, 5.41) is 10.7. The Balaban J connectivity index is 1.68. The second kappa shape index (κ2) is 10.0. The summed E-state index contributed by atoms with van der Waals surface area (Å²) in [6.45, 7) is 5.38. The summed E-state index contributed by atoms with van der Waals surface area (Å²) in [5.41, 5.74) is 4.36. The van der Waals surface area contributed by atoms with Crippen LogP contribution in [0.2, 0.25) is 0 Å². The number of rotatable bonds is 6. The second-order valence-electron chi connectivity index (χ2n) is 7.75. The van der Waals surface area contributed by atoms with Crippen LogP contribution in [0.15, 0.2) is 47.6 Å². The molecule has 0 unspecified atom stereocenters. The topological polar surface area (TPSA) is 74.5 Å². The Hall–Kier alpha value is -3.44. The quantitative estimate of drug-likeness (QED) is 0.395. The van der Waals surface area contributed by atoms with Crippen LogP contribution in [0.5, 0.6) is 11.5 Å². The van der Waals surface area contributed by atoms with Gasteiger partial charge in [-0.05, 0) is 49.1 Å². The van der Waals surface area contributed by atoms with Crippen molar-refractivity contribution in [1.29, 1.82) is 5.26 Å². The highest BCUT2D eigenvalue weighted by Gasteiger charge is 2.25. The molecule has 1 aliphatic heterocycles. The SMILES string of the molecule is COc1ccc(-c2nc(SC)nc(N3CCN(c4cccc(C)c4)CC3)c2C#N)cc1OC. The van der Waals surface area contributed by atoms with Gasteiger partial charge in [-0.2, -0.15) is 5.26 Å². The highest BCUT2D eigenvalue weighted by atomic mass is 32.2. The van der Waals surface area contributed by atoms with E-state index in [0.29, 0.717) is 33.7 Å². The number of hydrogen-bond donors (Lipinski definition) is 0. The van der Waals surface area contributed by atoms with Crippen molar-refractivity contribution in [2.75, 3.05) is 56.5 Å². The Bertz CT molecular complexity index is 1190. The molecule has 33 heavy (non-hydrogen) atoms. The second-order valence-corrected chi connectivity index (χ2v) is 8.53. The fraction of sp³-hybridized carbons (Fsp3) is 0.320. The maximum atomic E-state index is 10.1. The first-order valence-corrected chi connectivity index (χ1v) is 12.0. The predicted octanol–water partition coefficient (Wildman–Crippen LogP) is 4.39. The molecule has 1 aliphatic rings. The van der Waals surface area contributed by atoms with E-state index in [1.807, 2.05) is 24.5 Å². The molecular formula is C25H27N5O2S. The van der Waals surface area contributed by atoms with Gasteiger partial charge in [0.2, 0.25) is 0 Å². The fourth-order valence-electron chi connectivity index (χ4n) is 4.05. The van der Waals surface area contributed by atoms with Gasteiger partial charge in [0.15, 0.2) is 22.5 Å². The van der Waals surface area contributed by atoms with Crippen LogP contribution in [-0.2, 0) is 0 Å². The van der Waals surface area contributed by atoms with Crippen LogP contribution in [0.25, 0.3) is 11.3 Å². The number of anilines is 2. The van der Waals surface area contributed by atoms with Gasteiger partial charge in [0.1, 0.15) is 11.6 Å². The van der Waals surface area contributed by atoms with Gasteiger partial charge in [0.25, 0.3) is 0 Å². The standard InChI is InChI=1S/C25H27N5O2S/c1-17-6-5-7-19(14-17)29-10-12-30(13-11-29)24-20(16-26)23(27-25(28-24)33-4)18-8-9-21(31-2)22(15-18)32-3/h5-9,14-15H,10-13H2,1-4H3. The van der Waals surface area contributed by atoms with E-state index in [1.165, 1.54) is 23.0 Å². The molecule has 1 aromatic heterocycles. The number of hydrogen-bond acceptors (Lipinski definition) is 8. The Kier molecular flexibility index (Phi) is 6.90. The minimum Gasteiger partial charge on any atom is -0.493 e. The van der Waals surface area contributed by atoms with Gasteiger partial charge < -0.3 is 19.3 Å². The number of methoxy groups -OCH3 is 2. The summed E-state index contributed by atoms with van der Waals surface area (Å²) in [6, 6.07) is 16.5. The molecule has 7 nitrogen and oxygen atoms in total. The first-order valence-electron chi connectivity index (χ1n) is 10.7. The molecule has 4 rings (SSSR count). The largest absolute Gasteiger partial charge is 0.493 e. The minimum atomic E-state index is 0.476. The van der Waals surface area contributed by atoms with Gasteiger partial charge in [-0.25, -0.2) is 9.97 Å². The van der Waals surface area contributed by atoms with E-state index in [2.05, 4.69) is 52.0 Å². The van der Waals surface area contributed by atoms with Gasteiger partial charge in [0.05, 0.1) is 19.9 Å². The Morgan fingerprint density at radius 1 is 0.939 bits per heavy atom. The van der Waals surface area contributed by atoms with Crippen LogP contribution in [0.3, 0.4) is 0 Å². The molecule has 170 valence electrons. The van der Waals surface area contributed by atoms with Crippen molar-refractivity contribution in [2.24, 2.45) is 0 Å². The van der Waals surface area contributed by atoms with E-state index >= 15 is 0 Å². The predicted molar refractivity (Wildman–Crippen MR) is 133 cm³/mol. The molecule has 0 aliphatic carbocycles. The summed E-state index contributed by atoms with van der Waals surface area (Å²) in [5.74, 6) is 1.91. The number of aromatic nitrogens is 2. The normalized spacial score (nSPS) is 13.5. The summed E-state index contributed by atoms with van der Waals surface area (Å²) < 4.78 is 10.8. The monoisotopic (exact) mass is 461 g/mol. The lowest BCUT2D eigenvalue weighted by atomic mass is 10.1. The van der Waals surface area contributed by atoms with Crippen LogP contribution < -0.4 is 19.3 Å². The molecular weight excluding hydrogens is 434 g/mol. The zero-order chi connectivity index (χ0) is 23.4. The smallest absolute Gasteiger partial charge is 0.189 e. The van der Waals surface area contributed by atoms with Crippen LogP contribution in [0.4, 0.5) is 11.5 Å². The van der Waals surface area contributed by atoms with Crippen molar-refractivity contribution < 1.29 is 9.47 Å². The number of nitriles is 1. The van der Waals surface area contributed by atoms with E-state index in [1.54, 1.807) is 14.2 Å². The maximum Gasteiger partial charge on any atom is 0.189 e. The fourth-order valence-corrected chi connectivity index (χ4v) is 4.41. The van der Waals surface area contributed by atoms with Gasteiger partial charge >= 0.3 is 0 Å². The third-order valence-electron chi connectivity index (χ3n) is 5.77. The molecule has 1 saturated heterocycles. The number of thioether (sulfide) groups is 1. The molecule has 8 heteroatoms. The van der Waals surface area contributed by atoms with Crippen LogP contribution in [0, 0.1) is 18.3 Å². The van der Waals surface area contributed by atoms with Crippen molar-refractivity contribution in [2.45, 2.75) is 12.1 Å². The van der Waals surface area contributed by atoms with Gasteiger partial charge in [-0.1, -0.05) is 23.9 Å². The van der Waals surface area contributed by atoms with Crippen LogP contribution in [0.1, 0.15) is 11.1 Å². The number of piperazine rings is 1. The molecule has 1 fully saturated rings. The van der Waals surface area contributed by atoms with E-state index < -0.39 is 0 Å². The molecule has 0 N–H and O–H groups in total. The van der Waals surface area contributed by atoms with Crippen molar-refractivity contribution in [1.82, 2.24) is 9.97 Å². The zero-order valence-corrected chi connectivity index (χ0v) is 20.1. The molecule has 2 heterocycles. The highest BCUT2D eigenvalue weighted by Crippen LogP contribution is 2.36. The summed E-state index contributed by atoms with van der Waals surface area (Å²) >= 11 is 1.47. The van der Waals surface area contributed by atoms with Gasteiger partial charge in [0, 0.05) is 37.4 Å². The molecule has 0 bridgehead atoms. The lowest BCUT2D eigenvalue weighted by Gasteiger charge is -2.37. The maximum absolute atomic E-state index is 10.1. The molecule has 0 spiro atoms. The van der Waals surface area contributed by atoms with Crippen LogP contribution >= 0.6 is 11.8 Å². The molecule has 0 saturated carbocycles. The molecule has 0 atom stereocenters. The summed E-state index contributed by atoms with van der Waals surface area (Å²) in [6.07, 6.45) is 1.94. The summed E-state index contributed by atoms with van der Waals surface area (Å²) in [4.78, 5) is 14.0. The number of ether oxygens (including phenoxy) is 2. The average Bonchev–Trinajstić information content (AvgIpc) is 2.87. The van der Waals surface area contributed by atoms with E-state index in [9.17, 15) is 5.26 Å². The Morgan fingerprint density at radius 3 is 2.30 bits per heavy atom. The third-order valence-corrected chi connectivity index (χ3v) is 6.31. The number of aryl methyl sites for hydroxylation is 1. The highest BCUT2D eigenvalue weighted by molar-refractivity contribution is 7.98. The summed E-state index contributed by atoms with van der Waals surface area (Å²) in [7, 11) is 3.20. The Labute approximate surface area is 199 Å². The van der Waals surface area contributed by atoms with Crippen LogP contribution in [-0.4, -0.2) is 56.6 Å². The van der Waals surface area contributed by atoms with Crippen molar-refractivity contribution in [3.05, 3.63) is 53.6 Å². The molecule has 2 aromatic carbocycles. The lowest BCUT2D eigenvalue weighted by molar-refractivity contribution is 0.355. The minimum absolute atomic E-state index is 0.476. The van der Waals surface area contributed by atoms with E-state index in [4.69, 9.17) is 14.5 Å². The first kappa shape index (κ1) is 22.7. The third kappa shape index (κ3) is 4.69. The van der Waals surface area contributed by atoms with Crippen molar-refractivity contribution in [3.63, 3.8) is 0 Å². The molecule has 0 radical (unpaired) electrons. The van der Waals surface area contributed by atoms with Crippen molar-refractivity contribution in [3.8, 4) is 28.8 Å². The van der Waals surface area contributed by atoms with E-state index in [0.717, 1.165) is 31.7 Å². The van der Waals surface area contributed by atoms with E-state index in [-0.39, 0.29) is 0 Å². The van der Waals surface area contributed by atoms with Gasteiger partial charge in [-0.3, -0.25) is 0 Å². The molecule has 0 amide bonds. The number of nitrogens with zero attached hydrogens (tertiary/aromatic N) is 5. The molecule has 3 aromatic rings. The van der Waals surface area contributed by atoms with Crippen molar-refractivity contribution >= 4 is 23.3 Å². The lowest BCUT2D eigenvalue weighted by Crippen LogP contribution is -2.47. The van der Waals surface area contributed by atoms with Gasteiger partial charge in [-0.15, -0.1) is 0 Å². The average molecular weight is 462 g/mol. The Morgan fingerprint density at radius 2 is 1.67 bits per heavy atom.